The van der Waals surface area contributed by atoms with E-state index in [9.17, 15) is 14.7 Å². The minimum absolute atomic E-state index is 0.0139. The van der Waals surface area contributed by atoms with E-state index in [0.717, 1.165) is 4.88 Å². The summed E-state index contributed by atoms with van der Waals surface area (Å²) in [4.78, 5) is 28.1. The molecule has 1 atom stereocenters. The quantitative estimate of drug-likeness (QED) is 0.390. The van der Waals surface area contributed by atoms with E-state index >= 15 is 0 Å². The van der Waals surface area contributed by atoms with Crippen molar-refractivity contribution in [1.29, 1.82) is 5.26 Å². The van der Waals surface area contributed by atoms with Crippen molar-refractivity contribution in [2.45, 2.75) is 6.04 Å². The topological polar surface area (TPSA) is 90.6 Å². The van der Waals surface area contributed by atoms with Gasteiger partial charge in [0.05, 0.1) is 24.3 Å². The number of rotatable bonds is 4. The van der Waals surface area contributed by atoms with Gasteiger partial charge in [-0.25, -0.2) is 0 Å². The summed E-state index contributed by atoms with van der Waals surface area (Å²) in [5.41, 5.74) is 1.31. The first-order chi connectivity index (χ1) is 14.5. The second-order valence-corrected chi connectivity index (χ2v) is 7.55. The second-order valence-electron chi connectivity index (χ2n) is 6.58. The average Bonchev–Trinajstić information content (AvgIpc) is 3.40. The van der Waals surface area contributed by atoms with Crippen molar-refractivity contribution >= 4 is 34.5 Å². The van der Waals surface area contributed by atoms with E-state index in [2.05, 4.69) is 0 Å². The number of ketones is 1. The highest BCUT2D eigenvalue weighted by atomic mass is 32.1. The van der Waals surface area contributed by atoms with Gasteiger partial charge < -0.3 is 9.84 Å². The monoisotopic (exact) mass is 416 g/mol. The van der Waals surface area contributed by atoms with Crippen LogP contribution in [-0.2, 0) is 9.59 Å². The Hall–Kier alpha value is -3.89. The first-order valence-corrected chi connectivity index (χ1v) is 9.92. The zero-order chi connectivity index (χ0) is 21.3. The van der Waals surface area contributed by atoms with Gasteiger partial charge in [0, 0.05) is 16.1 Å². The van der Waals surface area contributed by atoms with Gasteiger partial charge in [0.2, 0.25) is 0 Å². The lowest BCUT2D eigenvalue weighted by molar-refractivity contribution is -0.132. The van der Waals surface area contributed by atoms with E-state index in [1.807, 2.05) is 23.6 Å². The first kappa shape index (κ1) is 19.4. The zero-order valence-electron chi connectivity index (χ0n) is 15.9. The summed E-state index contributed by atoms with van der Waals surface area (Å²) >= 11 is 1.39. The van der Waals surface area contributed by atoms with Crippen LogP contribution < -0.4 is 9.64 Å². The third-order valence-corrected chi connectivity index (χ3v) is 5.80. The minimum Gasteiger partial charge on any atom is -0.507 e. The number of nitriles is 1. The maximum Gasteiger partial charge on any atom is 0.300 e. The number of Topliss-reactive ketones (excluding diaryl/α,β-unsaturated/α-hetero) is 1. The smallest absolute Gasteiger partial charge is 0.300 e. The lowest BCUT2D eigenvalue weighted by Gasteiger charge is -2.24. The van der Waals surface area contributed by atoms with Crippen molar-refractivity contribution in [3.63, 3.8) is 0 Å². The molecule has 6 nitrogen and oxygen atoms in total. The number of ether oxygens (including phenoxy) is 1. The van der Waals surface area contributed by atoms with Crippen molar-refractivity contribution in [3.05, 3.63) is 87.6 Å². The largest absolute Gasteiger partial charge is 0.507 e. The van der Waals surface area contributed by atoms with E-state index in [1.54, 1.807) is 48.5 Å². The number of carbonyl (C=O) groups is 2. The normalized spacial score (nSPS) is 17.7. The van der Waals surface area contributed by atoms with Crippen LogP contribution in [0, 0.1) is 11.3 Å². The molecule has 7 heteroatoms. The van der Waals surface area contributed by atoms with Crippen molar-refractivity contribution < 1.29 is 19.4 Å². The van der Waals surface area contributed by atoms with Gasteiger partial charge in [0.15, 0.2) is 0 Å². The van der Waals surface area contributed by atoms with Crippen molar-refractivity contribution in [2.75, 3.05) is 12.0 Å². The van der Waals surface area contributed by atoms with Crippen LogP contribution in [0.5, 0.6) is 5.75 Å². The van der Waals surface area contributed by atoms with Gasteiger partial charge in [-0.1, -0.05) is 18.2 Å². The van der Waals surface area contributed by atoms with Gasteiger partial charge >= 0.3 is 0 Å². The predicted molar refractivity (Wildman–Crippen MR) is 113 cm³/mol. The first-order valence-electron chi connectivity index (χ1n) is 9.04. The molecule has 1 saturated heterocycles. The minimum atomic E-state index is -0.774. The molecule has 2 aromatic carbocycles. The lowest BCUT2D eigenvalue weighted by atomic mass is 9.99. The van der Waals surface area contributed by atoms with E-state index < -0.39 is 17.7 Å². The van der Waals surface area contributed by atoms with Crippen LogP contribution in [0.1, 0.15) is 22.0 Å². The highest BCUT2D eigenvalue weighted by molar-refractivity contribution is 7.10. The highest BCUT2D eigenvalue weighted by Crippen LogP contribution is 2.43. The molecule has 1 aromatic heterocycles. The zero-order valence-corrected chi connectivity index (χ0v) is 16.7. The maximum absolute atomic E-state index is 13.0. The number of thiophene rings is 1. The summed E-state index contributed by atoms with van der Waals surface area (Å²) in [5.74, 6) is -1.24. The van der Waals surface area contributed by atoms with Crippen LogP contribution in [0.25, 0.3) is 5.76 Å². The molecule has 1 fully saturated rings. The lowest BCUT2D eigenvalue weighted by Crippen LogP contribution is -2.29. The Balaban J connectivity index is 1.90. The SMILES string of the molecule is COc1cccc(/C(O)=C2/C(=O)C(=O)N(c3ccc(C#N)cc3)C2c2cccs2)c1. The number of carbonyl (C=O) groups excluding carboxylic acids is 2. The third-order valence-electron chi connectivity index (χ3n) is 4.87. The molecule has 30 heavy (non-hydrogen) atoms. The standard InChI is InChI=1S/C23H16N2O4S/c1-29-17-5-2-4-15(12-17)21(26)19-20(18-6-3-11-30-18)25(23(28)22(19)27)16-9-7-14(13-24)8-10-16/h2-12,20,26H,1H3/b21-19-. The van der Waals surface area contributed by atoms with Crippen molar-refractivity contribution in [1.82, 2.24) is 0 Å². The predicted octanol–water partition coefficient (Wildman–Crippen LogP) is 4.25. The van der Waals surface area contributed by atoms with Gasteiger partial charge in [0.25, 0.3) is 11.7 Å². The van der Waals surface area contributed by atoms with Crippen LogP contribution in [0.4, 0.5) is 5.69 Å². The highest BCUT2D eigenvalue weighted by Gasteiger charge is 2.47. The molecule has 1 aliphatic rings. The van der Waals surface area contributed by atoms with E-state index in [-0.39, 0.29) is 11.3 Å². The van der Waals surface area contributed by atoms with Gasteiger partial charge in [-0.15, -0.1) is 11.3 Å². The average molecular weight is 416 g/mol. The Morgan fingerprint density at radius 2 is 1.90 bits per heavy atom. The van der Waals surface area contributed by atoms with Gasteiger partial charge in [-0.2, -0.15) is 5.26 Å². The number of hydrogen-bond acceptors (Lipinski definition) is 6. The van der Waals surface area contributed by atoms with Gasteiger partial charge in [-0.3, -0.25) is 14.5 Å². The molecule has 0 bridgehead atoms. The summed E-state index contributed by atoms with van der Waals surface area (Å²) in [7, 11) is 1.51. The number of aliphatic hydroxyl groups is 1. The summed E-state index contributed by atoms with van der Waals surface area (Å²) < 4.78 is 5.21. The molecule has 0 aliphatic carbocycles. The van der Waals surface area contributed by atoms with Crippen LogP contribution in [0.3, 0.4) is 0 Å². The number of aliphatic hydroxyl groups excluding tert-OH is 1. The molecular weight excluding hydrogens is 400 g/mol. The van der Waals surface area contributed by atoms with Crippen LogP contribution in [-0.4, -0.2) is 23.9 Å². The summed E-state index contributed by atoms with van der Waals surface area (Å²) in [5, 5.41) is 21.9. The Kier molecular flexibility index (Phi) is 5.09. The Bertz CT molecular complexity index is 1190. The fraction of sp³-hybridized carbons (Fsp3) is 0.0870. The van der Waals surface area contributed by atoms with E-state index in [4.69, 9.17) is 10.00 Å². The van der Waals surface area contributed by atoms with Crippen LogP contribution in [0.15, 0.2) is 71.6 Å². The number of amides is 1. The number of nitrogens with zero attached hydrogens (tertiary/aromatic N) is 2. The molecule has 0 spiro atoms. The summed E-state index contributed by atoms with van der Waals surface area (Å²) in [6, 6.07) is 18.0. The molecule has 1 aliphatic heterocycles. The van der Waals surface area contributed by atoms with Crippen LogP contribution in [0.2, 0.25) is 0 Å². The number of anilines is 1. The molecule has 1 unspecified atom stereocenters. The molecule has 3 aromatic rings. The van der Waals surface area contributed by atoms with Gasteiger partial charge in [-0.05, 0) is 47.8 Å². The molecule has 0 radical (unpaired) electrons. The molecule has 0 saturated carbocycles. The summed E-state index contributed by atoms with van der Waals surface area (Å²) in [6.07, 6.45) is 0. The van der Waals surface area contributed by atoms with Crippen molar-refractivity contribution in [3.8, 4) is 11.8 Å². The molecule has 1 N–H and O–H groups in total. The molecule has 148 valence electrons. The summed E-state index contributed by atoms with van der Waals surface area (Å²) in [6.45, 7) is 0. The molecule has 1 amide bonds. The fourth-order valence-electron chi connectivity index (χ4n) is 3.44. The third kappa shape index (κ3) is 3.23. The Labute approximate surface area is 176 Å². The number of hydrogen-bond donors (Lipinski definition) is 1. The maximum atomic E-state index is 13.0. The Morgan fingerprint density at radius 3 is 2.53 bits per heavy atom. The van der Waals surface area contributed by atoms with Crippen molar-refractivity contribution in [2.24, 2.45) is 0 Å². The fourth-order valence-corrected chi connectivity index (χ4v) is 4.26. The second kappa shape index (κ2) is 7.85. The molecule has 4 rings (SSSR count). The van der Waals surface area contributed by atoms with E-state index in [1.165, 1.54) is 23.3 Å². The van der Waals surface area contributed by atoms with E-state index in [0.29, 0.717) is 22.6 Å². The van der Waals surface area contributed by atoms with Gasteiger partial charge in [0.1, 0.15) is 17.6 Å². The number of methoxy groups -OCH3 is 1. The number of benzene rings is 2. The molecule has 2 heterocycles. The van der Waals surface area contributed by atoms with Crippen LogP contribution >= 0.6 is 11.3 Å². The molecular formula is C23H16N2O4S. The Morgan fingerprint density at radius 1 is 1.13 bits per heavy atom.